The van der Waals surface area contributed by atoms with Gasteiger partial charge in [0.05, 0.1) is 12.2 Å². The Bertz CT molecular complexity index is 837. The maximum atomic E-state index is 13.3. The van der Waals surface area contributed by atoms with Crippen molar-refractivity contribution in [2.45, 2.75) is 63.1 Å². The first-order chi connectivity index (χ1) is 14.3. The number of carbonyl (C=O) groups is 1. The van der Waals surface area contributed by atoms with Crippen molar-refractivity contribution in [1.29, 1.82) is 0 Å². The van der Waals surface area contributed by atoms with Crippen molar-refractivity contribution in [3.8, 4) is 0 Å². The number of aromatic nitrogens is 3. The average Bonchev–Trinajstić information content (AvgIpc) is 3.41. The van der Waals surface area contributed by atoms with E-state index in [9.17, 15) is 4.79 Å². The number of fused-ring (bicyclic) bond motifs is 1. The Morgan fingerprint density at radius 3 is 2.90 bits per heavy atom. The van der Waals surface area contributed by atoms with Crippen molar-refractivity contribution in [3.63, 3.8) is 0 Å². The molecule has 29 heavy (non-hydrogen) atoms. The topological polar surface area (TPSA) is 75.1 Å². The standard InChI is InChI=1S/C22H30N6O/c29-22(20-18-8-1-2-9-19(18)25-26-20)28-12-5-6-16(14-28)21-24-11-13-27(21)15-17-7-3-4-10-23-17/h3-4,7,10-11,13,16,18-20,25-26H,1-2,5-6,8-9,12,14-15H2. The number of nitrogens with zero attached hydrogens (tertiary/aromatic N) is 4. The number of piperidine rings is 1. The molecule has 4 atom stereocenters. The first-order valence-corrected chi connectivity index (χ1v) is 11.0. The van der Waals surface area contributed by atoms with Gasteiger partial charge in [-0.3, -0.25) is 15.2 Å². The number of likely N-dealkylation sites (tertiary alicyclic amines) is 1. The third kappa shape index (κ3) is 3.81. The van der Waals surface area contributed by atoms with E-state index in [1.54, 1.807) is 0 Å². The summed E-state index contributed by atoms with van der Waals surface area (Å²) in [5.74, 6) is 2.05. The highest BCUT2D eigenvalue weighted by Crippen LogP contribution is 2.32. The van der Waals surface area contributed by atoms with Gasteiger partial charge in [-0.2, -0.15) is 0 Å². The molecule has 7 heteroatoms. The van der Waals surface area contributed by atoms with Crippen LogP contribution >= 0.6 is 0 Å². The molecule has 1 saturated carbocycles. The number of amides is 1. The van der Waals surface area contributed by atoms with Crippen molar-refractivity contribution >= 4 is 5.91 Å². The molecular weight excluding hydrogens is 364 g/mol. The Hall–Kier alpha value is -2.25. The highest BCUT2D eigenvalue weighted by molar-refractivity contribution is 5.83. The van der Waals surface area contributed by atoms with E-state index in [0.29, 0.717) is 12.0 Å². The fourth-order valence-corrected chi connectivity index (χ4v) is 5.35. The van der Waals surface area contributed by atoms with Gasteiger partial charge in [-0.25, -0.2) is 10.4 Å². The predicted octanol–water partition coefficient (Wildman–Crippen LogP) is 2.07. The molecular formula is C22H30N6O. The summed E-state index contributed by atoms with van der Waals surface area (Å²) >= 11 is 0. The molecule has 0 bridgehead atoms. The second-order valence-corrected chi connectivity index (χ2v) is 8.68. The van der Waals surface area contributed by atoms with Crippen LogP contribution in [0.2, 0.25) is 0 Å². The van der Waals surface area contributed by atoms with Gasteiger partial charge in [0.1, 0.15) is 11.9 Å². The first-order valence-electron chi connectivity index (χ1n) is 11.0. The third-order valence-electron chi connectivity index (χ3n) is 6.84. The molecule has 2 N–H and O–H groups in total. The van der Waals surface area contributed by atoms with E-state index < -0.39 is 0 Å². The molecule has 4 heterocycles. The predicted molar refractivity (Wildman–Crippen MR) is 110 cm³/mol. The van der Waals surface area contributed by atoms with Gasteiger partial charge >= 0.3 is 0 Å². The molecule has 0 radical (unpaired) electrons. The summed E-state index contributed by atoms with van der Waals surface area (Å²) in [6.45, 7) is 2.33. The zero-order chi connectivity index (χ0) is 19.6. The summed E-state index contributed by atoms with van der Waals surface area (Å²) in [4.78, 5) is 24.5. The van der Waals surface area contributed by atoms with Crippen LogP contribution in [0.25, 0.3) is 0 Å². The van der Waals surface area contributed by atoms with Crippen LogP contribution in [0.1, 0.15) is 56.0 Å². The van der Waals surface area contributed by atoms with Crippen molar-refractivity contribution in [3.05, 3.63) is 48.3 Å². The molecule has 0 aromatic carbocycles. The van der Waals surface area contributed by atoms with Crippen LogP contribution in [0.5, 0.6) is 0 Å². The number of rotatable bonds is 4. The van der Waals surface area contributed by atoms with Gasteiger partial charge < -0.3 is 9.47 Å². The van der Waals surface area contributed by atoms with E-state index in [0.717, 1.165) is 50.4 Å². The van der Waals surface area contributed by atoms with Crippen LogP contribution in [0.15, 0.2) is 36.8 Å². The van der Waals surface area contributed by atoms with E-state index >= 15 is 0 Å². The number of hydrogen-bond donors (Lipinski definition) is 2. The van der Waals surface area contributed by atoms with Crippen LogP contribution in [0.4, 0.5) is 0 Å². The maximum Gasteiger partial charge on any atom is 0.241 e. The highest BCUT2D eigenvalue weighted by Gasteiger charge is 2.43. The van der Waals surface area contributed by atoms with Crippen LogP contribution < -0.4 is 10.9 Å². The average molecular weight is 395 g/mol. The number of hydrazine groups is 1. The summed E-state index contributed by atoms with van der Waals surface area (Å²) in [7, 11) is 0. The van der Waals surface area contributed by atoms with E-state index in [1.807, 2.05) is 36.8 Å². The zero-order valence-corrected chi connectivity index (χ0v) is 16.8. The van der Waals surface area contributed by atoms with Gasteiger partial charge in [-0.15, -0.1) is 0 Å². The van der Waals surface area contributed by atoms with Crippen molar-refractivity contribution in [1.82, 2.24) is 30.3 Å². The molecule has 2 aromatic rings. The molecule has 1 aliphatic carbocycles. The van der Waals surface area contributed by atoms with Gasteiger partial charge in [0, 0.05) is 49.6 Å². The molecule has 3 aliphatic rings. The summed E-state index contributed by atoms with van der Waals surface area (Å²) in [6, 6.07) is 6.37. The van der Waals surface area contributed by atoms with Gasteiger partial charge in [0.2, 0.25) is 5.91 Å². The third-order valence-corrected chi connectivity index (χ3v) is 6.84. The summed E-state index contributed by atoms with van der Waals surface area (Å²) in [5.41, 5.74) is 7.73. The Labute approximate surface area is 171 Å². The van der Waals surface area contributed by atoms with Crippen LogP contribution in [0.3, 0.4) is 0 Å². The molecule has 0 spiro atoms. The SMILES string of the molecule is O=C(C1NNC2CCCCC21)N1CCCC(c2nccn2Cc2ccccn2)C1. The van der Waals surface area contributed by atoms with Gasteiger partial charge in [0.15, 0.2) is 0 Å². The lowest BCUT2D eigenvalue weighted by atomic mass is 9.81. The summed E-state index contributed by atoms with van der Waals surface area (Å²) in [6.07, 6.45) is 12.7. The quantitative estimate of drug-likeness (QED) is 0.830. The molecule has 154 valence electrons. The highest BCUT2D eigenvalue weighted by atomic mass is 16.2. The molecule has 1 amide bonds. The van der Waals surface area contributed by atoms with Crippen LogP contribution in [0, 0.1) is 5.92 Å². The molecule has 2 aliphatic heterocycles. The second kappa shape index (κ2) is 8.24. The van der Waals surface area contributed by atoms with Gasteiger partial charge in [-0.05, 0) is 37.8 Å². The lowest BCUT2D eigenvalue weighted by Crippen LogP contribution is -2.50. The van der Waals surface area contributed by atoms with Gasteiger partial charge in [-0.1, -0.05) is 18.9 Å². The molecule has 5 rings (SSSR count). The molecule has 3 fully saturated rings. The smallest absolute Gasteiger partial charge is 0.241 e. The maximum absolute atomic E-state index is 13.3. The number of nitrogens with one attached hydrogen (secondary N) is 2. The monoisotopic (exact) mass is 394 g/mol. The number of hydrogen-bond acceptors (Lipinski definition) is 5. The largest absolute Gasteiger partial charge is 0.341 e. The summed E-state index contributed by atoms with van der Waals surface area (Å²) < 4.78 is 2.19. The number of carbonyl (C=O) groups excluding carboxylic acids is 1. The van der Waals surface area contributed by atoms with Crippen molar-refractivity contribution < 1.29 is 4.79 Å². The first kappa shape index (κ1) is 18.8. The minimum Gasteiger partial charge on any atom is -0.341 e. The van der Waals surface area contributed by atoms with Crippen LogP contribution in [-0.2, 0) is 11.3 Å². The number of imidazole rings is 1. The minimum absolute atomic E-state index is 0.0766. The number of pyridine rings is 1. The Morgan fingerprint density at radius 2 is 2.00 bits per heavy atom. The second-order valence-electron chi connectivity index (χ2n) is 8.68. The fraction of sp³-hybridized carbons (Fsp3) is 0.591. The Balaban J connectivity index is 1.28. The molecule has 4 unspecified atom stereocenters. The van der Waals surface area contributed by atoms with E-state index in [-0.39, 0.29) is 17.9 Å². The summed E-state index contributed by atoms with van der Waals surface area (Å²) in [5, 5.41) is 0. The van der Waals surface area contributed by atoms with E-state index in [1.165, 1.54) is 19.3 Å². The van der Waals surface area contributed by atoms with Crippen molar-refractivity contribution in [2.75, 3.05) is 13.1 Å². The Kier molecular flexibility index (Phi) is 5.33. The Morgan fingerprint density at radius 1 is 1.07 bits per heavy atom. The normalized spacial score (nSPS) is 29.6. The molecule has 2 saturated heterocycles. The fourth-order valence-electron chi connectivity index (χ4n) is 5.35. The van der Waals surface area contributed by atoms with E-state index in [2.05, 4.69) is 30.3 Å². The molecule has 7 nitrogen and oxygen atoms in total. The van der Waals surface area contributed by atoms with E-state index in [4.69, 9.17) is 0 Å². The van der Waals surface area contributed by atoms with Crippen molar-refractivity contribution in [2.24, 2.45) is 5.92 Å². The lowest BCUT2D eigenvalue weighted by Gasteiger charge is -2.36. The minimum atomic E-state index is -0.0766. The zero-order valence-electron chi connectivity index (χ0n) is 16.8. The molecule has 2 aromatic heterocycles. The lowest BCUT2D eigenvalue weighted by molar-refractivity contribution is -0.135. The van der Waals surface area contributed by atoms with Gasteiger partial charge in [0.25, 0.3) is 0 Å². The van der Waals surface area contributed by atoms with Crippen LogP contribution in [-0.4, -0.2) is 50.5 Å².